The maximum absolute atomic E-state index is 12.6. The molecule has 1 aliphatic rings. The number of para-hydroxylation sites is 1. The van der Waals surface area contributed by atoms with Crippen LogP contribution in [0.25, 0.3) is 0 Å². The second-order valence-corrected chi connectivity index (χ2v) is 7.56. The van der Waals surface area contributed by atoms with Crippen molar-refractivity contribution in [2.45, 2.75) is 12.8 Å². The second-order valence-electron chi connectivity index (χ2n) is 7.56. The number of carbonyl (C=O) groups is 1. The summed E-state index contributed by atoms with van der Waals surface area (Å²) in [4.78, 5) is 19.5. The number of anilines is 3. The first kappa shape index (κ1) is 21.0. The second kappa shape index (κ2) is 10.7. The maximum atomic E-state index is 12.6. The number of amides is 1. The van der Waals surface area contributed by atoms with E-state index >= 15 is 0 Å². The molecule has 2 N–H and O–H groups in total. The maximum Gasteiger partial charge on any atom is 0.255 e. The lowest BCUT2D eigenvalue weighted by Crippen LogP contribution is -2.36. The highest BCUT2D eigenvalue weighted by Crippen LogP contribution is 2.26. The molecule has 4 rings (SSSR count). The van der Waals surface area contributed by atoms with Crippen LogP contribution in [-0.4, -0.2) is 48.6 Å². The van der Waals surface area contributed by atoms with E-state index in [1.54, 1.807) is 18.3 Å². The Morgan fingerprint density at radius 2 is 1.68 bits per heavy atom. The third-order valence-electron chi connectivity index (χ3n) is 5.39. The van der Waals surface area contributed by atoms with Crippen molar-refractivity contribution in [1.29, 1.82) is 0 Å². The van der Waals surface area contributed by atoms with E-state index in [2.05, 4.69) is 38.7 Å². The van der Waals surface area contributed by atoms with Gasteiger partial charge in [0.05, 0.1) is 18.9 Å². The van der Waals surface area contributed by atoms with Gasteiger partial charge in [0.15, 0.2) is 5.82 Å². The van der Waals surface area contributed by atoms with Crippen LogP contribution < -0.4 is 10.6 Å². The molecule has 3 aromatic rings. The molecule has 6 heteroatoms. The average Bonchev–Trinajstić information content (AvgIpc) is 2.82. The van der Waals surface area contributed by atoms with Crippen LogP contribution in [0.4, 0.5) is 17.2 Å². The SMILES string of the molecule is O=C(Nc1cccnc1Nc1ccccc1CCCN1CCOCC1)c1ccccc1. The highest BCUT2D eigenvalue weighted by Gasteiger charge is 2.13. The number of hydrogen-bond acceptors (Lipinski definition) is 5. The molecule has 31 heavy (non-hydrogen) atoms. The van der Waals surface area contributed by atoms with Gasteiger partial charge < -0.3 is 15.4 Å². The summed E-state index contributed by atoms with van der Waals surface area (Å²) in [6.45, 7) is 4.75. The van der Waals surface area contributed by atoms with Crippen molar-refractivity contribution in [3.8, 4) is 0 Å². The summed E-state index contributed by atoms with van der Waals surface area (Å²) in [5.41, 5.74) is 3.51. The number of aryl methyl sites for hydroxylation is 1. The molecule has 1 fully saturated rings. The van der Waals surface area contributed by atoms with Gasteiger partial charge in [-0.3, -0.25) is 9.69 Å². The number of ether oxygens (including phenoxy) is 1. The van der Waals surface area contributed by atoms with Gasteiger partial charge >= 0.3 is 0 Å². The average molecular weight is 417 g/mol. The molecule has 0 aliphatic carbocycles. The third-order valence-corrected chi connectivity index (χ3v) is 5.39. The van der Waals surface area contributed by atoms with Crippen molar-refractivity contribution < 1.29 is 9.53 Å². The molecule has 0 atom stereocenters. The standard InChI is InChI=1S/C25H28N4O2/c30-25(21-9-2-1-3-10-21)28-23-13-6-14-26-24(23)27-22-12-5-4-8-20(22)11-7-15-29-16-18-31-19-17-29/h1-6,8-10,12-14H,7,11,15-19H2,(H,26,27)(H,28,30). The fraction of sp³-hybridized carbons (Fsp3) is 0.280. The summed E-state index contributed by atoms with van der Waals surface area (Å²) < 4.78 is 5.43. The summed E-state index contributed by atoms with van der Waals surface area (Å²) in [5.74, 6) is 0.475. The van der Waals surface area contributed by atoms with E-state index in [1.165, 1.54) is 5.56 Å². The molecular weight excluding hydrogens is 388 g/mol. The van der Waals surface area contributed by atoms with Crippen LogP contribution >= 0.6 is 0 Å². The number of carbonyl (C=O) groups excluding carboxylic acids is 1. The van der Waals surface area contributed by atoms with Gasteiger partial charge in [-0.25, -0.2) is 4.98 Å². The van der Waals surface area contributed by atoms with Crippen LogP contribution in [0.1, 0.15) is 22.3 Å². The molecule has 1 aliphatic heterocycles. The number of hydrogen-bond donors (Lipinski definition) is 2. The molecule has 0 radical (unpaired) electrons. The van der Waals surface area contributed by atoms with Crippen molar-refractivity contribution in [2.75, 3.05) is 43.5 Å². The van der Waals surface area contributed by atoms with Gasteiger partial charge in [0.2, 0.25) is 0 Å². The number of rotatable bonds is 8. The normalized spacial score (nSPS) is 14.2. The van der Waals surface area contributed by atoms with Gasteiger partial charge in [-0.05, 0) is 55.3 Å². The summed E-state index contributed by atoms with van der Waals surface area (Å²) in [6, 6.07) is 21.1. The Kier molecular flexibility index (Phi) is 7.26. The van der Waals surface area contributed by atoms with E-state index < -0.39 is 0 Å². The fourth-order valence-electron chi connectivity index (χ4n) is 3.70. The van der Waals surface area contributed by atoms with Crippen LogP contribution in [0.5, 0.6) is 0 Å². The number of benzene rings is 2. The highest BCUT2D eigenvalue weighted by atomic mass is 16.5. The Labute approximate surface area is 183 Å². The Bertz CT molecular complexity index is 988. The molecule has 160 valence electrons. The molecule has 0 unspecified atom stereocenters. The lowest BCUT2D eigenvalue weighted by Gasteiger charge is -2.26. The largest absolute Gasteiger partial charge is 0.379 e. The van der Waals surface area contributed by atoms with Crippen LogP contribution in [0.15, 0.2) is 72.9 Å². The van der Waals surface area contributed by atoms with Gasteiger partial charge in [-0.15, -0.1) is 0 Å². The number of pyridine rings is 1. The monoisotopic (exact) mass is 416 g/mol. The summed E-state index contributed by atoms with van der Waals surface area (Å²) in [5, 5.41) is 6.40. The van der Waals surface area contributed by atoms with E-state index in [0.717, 1.165) is 51.4 Å². The van der Waals surface area contributed by atoms with Gasteiger partial charge in [0.25, 0.3) is 5.91 Å². The number of nitrogens with zero attached hydrogens (tertiary/aromatic N) is 2. The molecule has 0 bridgehead atoms. The quantitative estimate of drug-likeness (QED) is 0.572. The minimum atomic E-state index is -0.157. The molecule has 1 saturated heterocycles. The van der Waals surface area contributed by atoms with E-state index in [4.69, 9.17) is 4.74 Å². The zero-order valence-corrected chi connectivity index (χ0v) is 17.6. The minimum Gasteiger partial charge on any atom is -0.379 e. The zero-order valence-electron chi connectivity index (χ0n) is 17.6. The molecule has 2 heterocycles. The first-order valence-corrected chi connectivity index (χ1v) is 10.8. The molecule has 6 nitrogen and oxygen atoms in total. The lowest BCUT2D eigenvalue weighted by atomic mass is 10.1. The number of aromatic nitrogens is 1. The Morgan fingerprint density at radius 1 is 0.935 bits per heavy atom. The topological polar surface area (TPSA) is 66.5 Å². The first-order chi connectivity index (χ1) is 15.3. The fourth-order valence-corrected chi connectivity index (χ4v) is 3.70. The van der Waals surface area contributed by atoms with E-state index in [0.29, 0.717) is 17.1 Å². The van der Waals surface area contributed by atoms with Crippen LogP contribution in [-0.2, 0) is 11.2 Å². The van der Waals surface area contributed by atoms with E-state index in [-0.39, 0.29) is 5.91 Å². The van der Waals surface area contributed by atoms with Crippen molar-refractivity contribution in [3.05, 3.63) is 84.1 Å². The van der Waals surface area contributed by atoms with Crippen LogP contribution in [0.3, 0.4) is 0 Å². The number of morpholine rings is 1. The van der Waals surface area contributed by atoms with E-state index in [1.807, 2.05) is 36.4 Å². The van der Waals surface area contributed by atoms with Gasteiger partial charge in [-0.1, -0.05) is 36.4 Å². The van der Waals surface area contributed by atoms with Crippen LogP contribution in [0, 0.1) is 0 Å². The third kappa shape index (κ3) is 5.90. The summed E-state index contributed by atoms with van der Waals surface area (Å²) in [7, 11) is 0. The molecule has 0 spiro atoms. The minimum absolute atomic E-state index is 0.157. The predicted molar refractivity (Wildman–Crippen MR) is 124 cm³/mol. The van der Waals surface area contributed by atoms with Crippen molar-refractivity contribution in [3.63, 3.8) is 0 Å². The lowest BCUT2D eigenvalue weighted by molar-refractivity contribution is 0.0375. The van der Waals surface area contributed by atoms with Gasteiger partial charge in [-0.2, -0.15) is 0 Å². The Morgan fingerprint density at radius 3 is 2.52 bits per heavy atom. The predicted octanol–water partition coefficient (Wildman–Crippen LogP) is 4.34. The molecular formula is C25H28N4O2. The molecule has 1 aromatic heterocycles. The van der Waals surface area contributed by atoms with Crippen molar-refractivity contribution in [2.24, 2.45) is 0 Å². The molecule has 1 amide bonds. The van der Waals surface area contributed by atoms with Crippen molar-refractivity contribution in [1.82, 2.24) is 9.88 Å². The zero-order chi connectivity index (χ0) is 21.3. The highest BCUT2D eigenvalue weighted by molar-refractivity contribution is 6.05. The summed E-state index contributed by atoms with van der Waals surface area (Å²) >= 11 is 0. The summed E-state index contributed by atoms with van der Waals surface area (Å²) in [6.07, 6.45) is 3.78. The van der Waals surface area contributed by atoms with Gasteiger partial charge in [0.1, 0.15) is 0 Å². The molecule has 2 aromatic carbocycles. The smallest absolute Gasteiger partial charge is 0.255 e. The Hall–Kier alpha value is -3.22. The van der Waals surface area contributed by atoms with E-state index in [9.17, 15) is 4.79 Å². The first-order valence-electron chi connectivity index (χ1n) is 10.8. The van der Waals surface area contributed by atoms with Gasteiger partial charge in [0, 0.05) is 30.5 Å². The number of nitrogens with one attached hydrogen (secondary N) is 2. The van der Waals surface area contributed by atoms with Crippen molar-refractivity contribution >= 4 is 23.1 Å². The van der Waals surface area contributed by atoms with Crippen LogP contribution in [0.2, 0.25) is 0 Å². The molecule has 0 saturated carbocycles. The Balaban J connectivity index is 1.43.